The van der Waals surface area contributed by atoms with Crippen LogP contribution in [0.3, 0.4) is 0 Å². The summed E-state index contributed by atoms with van der Waals surface area (Å²) in [4.78, 5) is 0. The molecular formula is C8H16ClNO2. The third-order valence-electron chi connectivity index (χ3n) is 2.69. The molecule has 4 heteroatoms. The fraction of sp³-hybridized carbons (Fsp3) is 1.00. The van der Waals surface area contributed by atoms with Crippen molar-refractivity contribution in [2.45, 2.75) is 31.0 Å². The minimum Gasteiger partial charge on any atom is -0.372 e. The average Bonchev–Trinajstić information content (AvgIpc) is 2.02. The molecule has 0 bridgehead atoms. The van der Waals surface area contributed by atoms with Crippen LogP contribution in [0.1, 0.15) is 19.3 Å². The molecular weight excluding hydrogens is 178 g/mol. The van der Waals surface area contributed by atoms with E-state index in [1.54, 1.807) is 0 Å². The Balaban J connectivity index is 0.000000720. The van der Waals surface area contributed by atoms with Gasteiger partial charge >= 0.3 is 0 Å². The summed E-state index contributed by atoms with van der Waals surface area (Å²) in [6.45, 7) is 2.03. The topological polar surface area (TPSA) is 44.5 Å². The number of ether oxygens (including phenoxy) is 2. The highest BCUT2D eigenvalue weighted by Gasteiger charge is 2.42. The fourth-order valence-corrected chi connectivity index (χ4v) is 1.63. The molecule has 2 rings (SSSR count). The Bertz CT molecular complexity index is 140. The summed E-state index contributed by atoms with van der Waals surface area (Å²) in [5, 5.41) is 0. The molecule has 2 N–H and O–H groups in total. The van der Waals surface area contributed by atoms with Gasteiger partial charge in [0.2, 0.25) is 0 Å². The third kappa shape index (κ3) is 1.74. The minimum absolute atomic E-state index is 0. The van der Waals surface area contributed by atoms with Crippen LogP contribution in [-0.4, -0.2) is 31.5 Å². The van der Waals surface area contributed by atoms with Crippen LogP contribution < -0.4 is 5.73 Å². The second-order valence-corrected chi connectivity index (χ2v) is 3.52. The summed E-state index contributed by atoms with van der Waals surface area (Å²) in [5.41, 5.74) is 5.55. The van der Waals surface area contributed by atoms with Gasteiger partial charge in [0.1, 0.15) is 0 Å². The highest BCUT2D eigenvalue weighted by molar-refractivity contribution is 5.85. The van der Waals surface area contributed by atoms with E-state index in [0.29, 0.717) is 13.2 Å². The Hall–Kier alpha value is 0.170. The number of halogens is 1. The van der Waals surface area contributed by atoms with E-state index < -0.39 is 0 Å². The van der Waals surface area contributed by atoms with E-state index in [4.69, 9.17) is 15.2 Å². The van der Waals surface area contributed by atoms with Crippen LogP contribution in [0.5, 0.6) is 0 Å². The quantitative estimate of drug-likeness (QED) is 0.667. The van der Waals surface area contributed by atoms with E-state index in [2.05, 4.69) is 0 Å². The SMILES string of the molecule is Cl.NCC1COC2(CCC2)CO1. The minimum atomic E-state index is 0. The third-order valence-corrected chi connectivity index (χ3v) is 2.69. The molecule has 1 saturated heterocycles. The molecule has 1 atom stereocenters. The molecule has 1 aliphatic heterocycles. The van der Waals surface area contributed by atoms with Crippen molar-refractivity contribution in [1.29, 1.82) is 0 Å². The van der Waals surface area contributed by atoms with E-state index >= 15 is 0 Å². The van der Waals surface area contributed by atoms with E-state index in [0.717, 1.165) is 6.61 Å². The van der Waals surface area contributed by atoms with E-state index in [1.165, 1.54) is 19.3 Å². The summed E-state index contributed by atoms with van der Waals surface area (Å²) < 4.78 is 11.2. The number of rotatable bonds is 1. The molecule has 1 unspecified atom stereocenters. The van der Waals surface area contributed by atoms with Gasteiger partial charge in [-0.1, -0.05) is 0 Å². The first-order valence-corrected chi connectivity index (χ1v) is 4.30. The van der Waals surface area contributed by atoms with Crippen molar-refractivity contribution in [2.24, 2.45) is 5.73 Å². The summed E-state index contributed by atoms with van der Waals surface area (Å²) >= 11 is 0. The molecule has 0 aromatic rings. The number of hydrogen-bond acceptors (Lipinski definition) is 3. The lowest BCUT2D eigenvalue weighted by Gasteiger charge is -2.46. The lowest BCUT2D eigenvalue weighted by Crippen LogP contribution is -2.52. The van der Waals surface area contributed by atoms with Crippen LogP contribution in [0.25, 0.3) is 0 Å². The average molecular weight is 194 g/mol. The van der Waals surface area contributed by atoms with E-state index in [1.807, 2.05) is 0 Å². The van der Waals surface area contributed by atoms with Crippen molar-refractivity contribution in [3.8, 4) is 0 Å². The molecule has 1 spiro atoms. The second-order valence-electron chi connectivity index (χ2n) is 3.52. The molecule has 0 amide bonds. The fourth-order valence-electron chi connectivity index (χ4n) is 1.63. The van der Waals surface area contributed by atoms with Gasteiger partial charge < -0.3 is 15.2 Å². The lowest BCUT2D eigenvalue weighted by atomic mass is 9.80. The largest absolute Gasteiger partial charge is 0.372 e. The van der Waals surface area contributed by atoms with Gasteiger partial charge in [0.25, 0.3) is 0 Å². The van der Waals surface area contributed by atoms with Gasteiger partial charge in [-0.2, -0.15) is 0 Å². The van der Waals surface area contributed by atoms with Crippen molar-refractivity contribution in [1.82, 2.24) is 0 Å². The van der Waals surface area contributed by atoms with Crippen LogP contribution in [0.4, 0.5) is 0 Å². The van der Waals surface area contributed by atoms with Crippen LogP contribution in [0.15, 0.2) is 0 Å². The monoisotopic (exact) mass is 193 g/mol. The van der Waals surface area contributed by atoms with Gasteiger partial charge in [-0.3, -0.25) is 0 Å². The van der Waals surface area contributed by atoms with Gasteiger partial charge in [0.15, 0.2) is 0 Å². The summed E-state index contributed by atoms with van der Waals surface area (Å²) in [6, 6.07) is 0. The smallest absolute Gasteiger partial charge is 0.0932 e. The molecule has 72 valence electrons. The van der Waals surface area contributed by atoms with Crippen molar-refractivity contribution in [3.63, 3.8) is 0 Å². The summed E-state index contributed by atoms with van der Waals surface area (Å²) in [6.07, 6.45) is 3.77. The Morgan fingerprint density at radius 1 is 1.42 bits per heavy atom. The van der Waals surface area contributed by atoms with Crippen LogP contribution in [-0.2, 0) is 9.47 Å². The molecule has 2 fully saturated rings. The first-order chi connectivity index (χ1) is 5.35. The Kier molecular flexibility index (Phi) is 3.35. The Morgan fingerprint density at radius 3 is 2.50 bits per heavy atom. The summed E-state index contributed by atoms with van der Waals surface area (Å²) in [7, 11) is 0. The van der Waals surface area contributed by atoms with Crippen molar-refractivity contribution < 1.29 is 9.47 Å². The maximum atomic E-state index is 5.70. The normalized spacial score (nSPS) is 32.2. The first-order valence-electron chi connectivity index (χ1n) is 4.30. The highest BCUT2D eigenvalue weighted by Crippen LogP contribution is 2.38. The standard InChI is InChI=1S/C8H15NO2.ClH/c9-4-7-5-11-8(6-10-7)2-1-3-8;/h7H,1-6,9H2;1H. The zero-order chi connectivity index (χ0) is 7.73. The molecule has 1 saturated carbocycles. The predicted molar refractivity (Wildman–Crippen MR) is 48.6 cm³/mol. The first kappa shape index (κ1) is 10.3. The van der Waals surface area contributed by atoms with Gasteiger partial charge in [0, 0.05) is 6.54 Å². The summed E-state index contributed by atoms with van der Waals surface area (Å²) in [5.74, 6) is 0. The van der Waals surface area contributed by atoms with Crippen molar-refractivity contribution >= 4 is 12.4 Å². The Labute approximate surface area is 79.0 Å². The Morgan fingerprint density at radius 2 is 2.17 bits per heavy atom. The second kappa shape index (κ2) is 3.92. The molecule has 3 nitrogen and oxygen atoms in total. The lowest BCUT2D eigenvalue weighted by molar-refractivity contribution is -0.217. The molecule has 1 heterocycles. The number of nitrogens with two attached hydrogens (primary N) is 1. The van der Waals surface area contributed by atoms with Crippen molar-refractivity contribution in [2.75, 3.05) is 19.8 Å². The molecule has 2 aliphatic rings. The molecule has 1 aliphatic carbocycles. The molecule has 12 heavy (non-hydrogen) atoms. The van der Waals surface area contributed by atoms with Gasteiger partial charge in [-0.05, 0) is 19.3 Å². The van der Waals surface area contributed by atoms with E-state index in [9.17, 15) is 0 Å². The molecule has 0 aromatic heterocycles. The van der Waals surface area contributed by atoms with E-state index in [-0.39, 0.29) is 24.1 Å². The maximum Gasteiger partial charge on any atom is 0.0932 e. The number of hydrogen-bond donors (Lipinski definition) is 1. The molecule has 0 aromatic carbocycles. The van der Waals surface area contributed by atoms with Crippen LogP contribution in [0.2, 0.25) is 0 Å². The van der Waals surface area contributed by atoms with Crippen LogP contribution in [0, 0.1) is 0 Å². The molecule has 0 radical (unpaired) electrons. The predicted octanol–water partition coefficient (Wildman–Crippen LogP) is 0.705. The van der Waals surface area contributed by atoms with Gasteiger partial charge in [0.05, 0.1) is 24.9 Å². The van der Waals surface area contributed by atoms with Gasteiger partial charge in [-0.15, -0.1) is 12.4 Å². The highest BCUT2D eigenvalue weighted by atomic mass is 35.5. The van der Waals surface area contributed by atoms with Crippen molar-refractivity contribution in [3.05, 3.63) is 0 Å². The zero-order valence-electron chi connectivity index (χ0n) is 7.12. The maximum absolute atomic E-state index is 5.70. The zero-order valence-corrected chi connectivity index (χ0v) is 7.94. The van der Waals surface area contributed by atoms with Crippen LogP contribution >= 0.6 is 12.4 Å². The van der Waals surface area contributed by atoms with Gasteiger partial charge in [-0.25, -0.2) is 0 Å².